The smallest absolute Gasteiger partial charge is 0.222 e. The number of aliphatic hydroxyl groups is 1. The van der Waals surface area contributed by atoms with Crippen LogP contribution in [0, 0.1) is 5.82 Å². The van der Waals surface area contributed by atoms with Crippen LogP contribution in [0.3, 0.4) is 0 Å². The van der Waals surface area contributed by atoms with Gasteiger partial charge in [-0.15, -0.1) is 0 Å². The summed E-state index contributed by atoms with van der Waals surface area (Å²) in [5, 5.41) is 13.2. The number of likely N-dealkylation sites (tertiary alicyclic amines) is 1. The molecule has 1 amide bonds. The summed E-state index contributed by atoms with van der Waals surface area (Å²) in [6.07, 6.45) is 0.404. The number of carbonyl (C=O) groups is 1. The molecule has 1 heterocycles. The van der Waals surface area contributed by atoms with Gasteiger partial charge < -0.3 is 15.3 Å². The van der Waals surface area contributed by atoms with E-state index in [1.54, 1.807) is 30.1 Å². The monoisotopic (exact) mass is 266 g/mol. The molecule has 1 aromatic carbocycles. The molecular weight excluding hydrogens is 247 g/mol. The Hall–Kier alpha value is -1.46. The van der Waals surface area contributed by atoms with Crippen LogP contribution in [0.1, 0.15) is 24.5 Å². The van der Waals surface area contributed by atoms with Gasteiger partial charge in [0.05, 0.1) is 6.10 Å². The third-order valence-corrected chi connectivity index (χ3v) is 3.49. The first-order valence-corrected chi connectivity index (χ1v) is 6.47. The molecule has 2 atom stereocenters. The van der Waals surface area contributed by atoms with Gasteiger partial charge in [-0.05, 0) is 12.5 Å². The lowest BCUT2D eigenvalue weighted by Crippen LogP contribution is -2.47. The molecule has 2 rings (SSSR count). The first-order chi connectivity index (χ1) is 9.08. The van der Waals surface area contributed by atoms with Crippen LogP contribution in [0.2, 0.25) is 0 Å². The van der Waals surface area contributed by atoms with Gasteiger partial charge in [0.15, 0.2) is 0 Å². The Morgan fingerprint density at radius 2 is 2.26 bits per heavy atom. The number of amides is 1. The molecule has 1 aliphatic rings. The lowest BCUT2D eigenvalue weighted by atomic mass is 10.0. The van der Waals surface area contributed by atoms with Crippen molar-refractivity contribution in [1.82, 2.24) is 10.2 Å². The zero-order valence-electron chi connectivity index (χ0n) is 11.0. The van der Waals surface area contributed by atoms with Gasteiger partial charge in [0.2, 0.25) is 5.91 Å². The van der Waals surface area contributed by atoms with Gasteiger partial charge >= 0.3 is 0 Å². The van der Waals surface area contributed by atoms with Gasteiger partial charge in [0.25, 0.3) is 0 Å². The third-order valence-electron chi connectivity index (χ3n) is 3.49. The Morgan fingerprint density at radius 1 is 1.53 bits per heavy atom. The van der Waals surface area contributed by atoms with E-state index in [2.05, 4.69) is 5.32 Å². The first-order valence-electron chi connectivity index (χ1n) is 6.47. The molecule has 104 valence electrons. The highest BCUT2D eigenvalue weighted by Gasteiger charge is 2.23. The highest BCUT2D eigenvalue weighted by molar-refractivity contribution is 5.76. The maximum Gasteiger partial charge on any atom is 0.222 e. The van der Waals surface area contributed by atoms with Crippen molar-refractivity contribution in [1.29, 1.82) is 0 Å². The van der Waals surface area contributed by atoms with E-state index in [4.69, 9.17) is 0 Å². The summed E-state index contributed by atoms with van der Waals surface area (Å²) in [7, 11) is 1.77. The van der Waals surface area contributed by atoms with Gasteiger partial charge in [-0.25, -0.2) is 4.39 Å². The lowest BCUT2D eigenvalue weighted by Gasteiger charge is -2.30. The number of halogens is 1. The minimum Gasteiger partial charge on any atom is -0.387 e. The second-order valence-electron chi connectivity index (χ2n) is 4.96. The quantitative estimate of drug-likeness (QED) is 0.857. The Morgan fingerprint density at radius 3 is 2.95 bits per heavy atom. The predicted molar refractivity (Wildman–Crippen MR) is 70.0 cm³/mol. The Bertz CT molecular complexity index is 453. The molecule has 0 aromatic heterocycles. The number of hydrogen-bond donors (Lipinski definition) is 2. The molecular formula is C14H19FN2O2. The summed E-state index contributed by atoms with van der Waals surface area (Å²) in [6.45, 7) is 0.913. The Balaban J connectivity index is 1.86. The summed E-state index contributed by atoms with van der Waals surface area (Å²) < 4.78 is 13.5. The summed E-state index contributed by atoms with van der Waals surface area (Å²) in [5.74, 6) is -0.250. The molecule has 19 heavy (non-hydrogen) atoms. The molecule has 0 aliphatic carbocycles. The number of carbonyl (C=O) groups excluding carboxylic acids is 1. The lowest BCUT2D eigenvalue weighted by molar-refractivity contribution is -0.132. The minimum atomic E-state index is -0.871. The molecule has 1 fully saturated rings. The van der Waals surface area contributed by atoms with Crippen LogP contribution < -0.4 is 5.32 Å². The van der Waals surface area contributed by atoms with Crippen LogP contribution >= 0.6 is 0 Å². The summed E-state index contributed by atoms with van der Waals surface area (Å²) in [5.41, 5.74) is 0.301. The van der Waals surface area contributed by atoms with E-state index >= 15 is 0 Å². The maximum atomic E-state index is 13.5. The van der Waals surface area contributed by atoms with E-state index in [0.29, 0.717) is 18.5 Å². The van der Waals surface area contributed by atoms with E-state index in [0.717, 1.165) is 6.42 Å². The SMILES string of the molecule is CN1CC(NCC(O)c2ccccc2F)CCC1=O. The average Bonchev–Trinajstić information content (AvgIpc) is 2.40. The van der Waals surface area contributed by atoms with Gasteiger partial charge in [-0.1, -0.05) is 18.2 Å². The van der Waals surface area contributed by atoms with E-state index in [1.165, 1.54) is 6.07 Å². The fraction of sp³-hybridized carbons (Fsp3) is 0.500. The van der Waals surface area contributed by atoms with Crippen LogP contribution in [0.25, 0.3) is 0 Å². The van der Waals surface area contributed by atoms with E-state index in [1.807, 2.05) is 0 Å². The normalized spacial score (nSPS) is 21.5. The van der Waals surface area contributed by atoms with Gasteiger partial charge in [0, 0.05) is 38.2 Å². The molecule has 0 radical (unpaired) electrons. The highest BCUT2D eigenvalue weighted by Crippen LogP contribution is 2.17. The molecule has 0 saturated carbocycles. The van der Waals surface area contributed by atoms with Gasteiger partial charge in [0.1, 0.15) is 5.82 Å². The van der Waals surface area contributed by atoms with Crippen molar-refractivity contribution >= 4 is 5.91 Å². The molecule has 2 unspecified atom stereocenters. The van der Waals surface area contributed by atoms with Crippen molar-refractivity contribution in [3.8, 4) is 0 Å². The molecule has 4 nitrogen and oxygen atoms in total. The second-order valence-corrected chi connectivity index (χ2v) is 4.96. The number of aliphatic hydroxyl groups excluding tert-OH is 1. The number of likely N-dealkylation sites (N-methyl/N-ethyl adjacent to an activating group) is 1. The fourth-order valence-corrected chi connectivity index (χ4v) is 2.31. The van der Waals surface area contributed by atoms with E-state index < -0.39 is 11.9 Å². The van der Waals surface area contributed by atoms with Gasteiger partial charge in [-0.2, -0.15) is 0 Å². The van der Waals surface area contributed by atoms with Crippen LogP contribution in [0.5, 0.6) is 0 Å². The Kier molecular flexibility index (Phi) is 4.50. The van der Waals surface area contributed by atoms with Crippen LogP contribution in [0.4, 0.5) is 4.39 Å². The number of nitrogens with one attached hydrogen (secondary N) is 1. The van der Waals surface area contributed by atoms with Crippen molar-refractivity contribution in [2.24, 2.45) is 0 Å². The predicted octanol–water partition coefficient (Wildman–Crippen LogP) is 1.07. The molecule has 2 N–H and O–H groups in total. The standard InChI is InChI=1S/C14H19FN2O2/c1-17-9-10(6-7-14(17)19)16-8-13(18)11-4-2-3-5-12(11)15/h2-5,10,13,16,18H,6-9H2,1H3. The molecule has 0 bridgehead atoms. The van der Waals surface area contributed by atoms with Crippen molar-refractivity contribution in [3.63, 3.8) is 0 Å². The van der Waals surface area contributed by atoms with Crippen LogP contribution in [0.15, 0.2) is 24.3 Å². The largest absolute Gasteiger partial charge is 0.387 e. The topological polar surface area (TPSA) is 52.6 Å². The fourth-order valence-electron chi connectivity index (χ4n) is 2.31. The first kappa shape index (κ1) is 14.0. The number of hydrogen-bond acceptors (Lipinski definition) is 3. The van der Waals surface area contributed by atoms with Crippen LogP contribution in [-0.2, 0) is 4.79 Å². The number of rotatable bonds is 4. The molecule has 1 saturated heterocycles. The molecule has 0 spiro atoms. The molecule has 5 heteroatoms. The summed E-state index contributed by atoms with van der Waals surface area (Å²) >= 11 is 0. The number of nitrogens with zero attached hydrogens (tertiary/aromatic N) is 1. The number of benzene rings is 1. The van der Waals surface area contributed by atoms with Crippen molar-refractivity contribution in [3.05, 3.63) is 35.6 Å². The van der Waals surface area contributed by atoms with Gasteiger partial charge in [-0.3, -0.25) is 4.79 Å². The summed E-state index contributed by atoms with van der Waals surface area (Å²) in [6, 6.07) is 6.38. The van der Waals surface area contributed by atoms with Crippen molar-refractivity contribution in [2.75, 3.05) is 20.1 Å². The Labute approximate surface area is 112 Å². The maximum absolute atomic E-state index is 13.5. The highest BCUT2D eigenvalue weighted by atomic mass is 19.1. The van der Waals surface area contributed by atoms with E-state index in [-0.39, 0.29) is 18.5 Å². The third kappa shape index (κ3) is 3.52. The van der Waals surface area contributed by atoms with Crippen molar-refractivity contribution < 1.29 is 14.3 Å². The second kappa shape index (κ2) is 6.12. The molecule has 1 aliphatic heterocycles. The zero-order valence-corrected chi connectivity index (χ0v) is 11.0. The zero-order chi connectivity index (χ0) is 13.8. The minimum absolute atomic E-state index is 0.146. The average molecular weight is 266 g/mol. The van der Waals surface area contributed by atoms with Crippen molar-refractivity contribution in [2.45, 2.75) is 25.0 Å². The van der Waals surface area contributed by atoms with Crippen LogP contribution in [-0.4, -0.2) is 42.1 Å². The molecule has 1 aromatic rings. The number of piperidine rings is 1. The van der Waals surface area contributed by atoms with E-state index in [9.17, 15) is 14.3 Å². The summed E-state index contributed by atoms with van der Waals surface area (Å²) in [4.78, 5) is 13.0.